The van der Waals surface area contributed by atoms with Gasteiger partial charge < -0.3 is 5.32 Å². The first-order chi connectivity index (χ1) is 10.5. The van der Waals surface area contributed by atoms with Crippen LogP contribution in [0.25, 0.3) is 6.08 Å². The molecular weight excluding hydrogens is 298 g/mol. The van der Waals surface area contributed by atoms with Crippen molar-refractivity contribution >= 4 is 23.6 Å². The quantitative estimate of drug-likeness (QED) is 0.860. The second kappa shape index (κ2) is 7.27. The lowest BCUT2D eigenvalue weighted by Gasteiger charge is -2.06. The first-order valence-corrected chi connectivity index (χ1v) is 7.64. The lowest BCUT2D eigenvalue weighted by Crippen LogP contribution is -2.19. The molecule has 0 aliphatic carbocycles. The first-order valence-electron chi connectivity index (χ1n) is 7.26. The number of aryl methyl sites for hydroxylation is 1. The van der Waals surface area contributed by atoms with E-state index in [0.29, 0.717) is 13.1 Å². The second-order valence-corrected chi connectivity index (χ2v) is 5.47. The fourth-order valence-electron chi connectivity index (χ4n) is 2.29. The van der Waals surface area contributed by atoms with E-state index in [-0.39, 0.29) is 5.91 Å². The fraction of sp³-hybridized carbons (Fsp3) is 0.294. The molecule has 0 spiro atoms. The van der Waals surface area contributed by atoms with Crippen LogP contribution < -0.4 is 5.32 Å². The van der Waals surface area contributed by atoms with Crippen LogP contribution in [0.5, 0.6) is 0 Å². The van der Waals surface area contributed by atoms with Crippen molar-refractivity contribution in [1.29, 1.82) is 0 Å². The topological polar surface area (TPSA) is 46.9 Å². The predicted octanol–water partition coefficient (Wildman–Crippen LogP) is 3.35. The summed E-state index contributed by atoms with van der Waals surface area (Å²) in [5, 5.41) is 8.01. The normalized spacial score (nSPS) is 11.1. The molecule has 2 aromatic rings. The van der Waals surface area contributed by atoms with Crippen molar-refractivity contribution in [3.8, 4) is 0 Å². The van der Waals surface area contributed by atoms with E-state index in [4.69, 9.17) is 11.6 Å². The van der Waals surface area contributed by atoms with Crippen LogP contribution in [-0.2, 0) is 11.3 Å². The Bertz CT molecular complexity index is 704. The van der Waals surface area contributed by atoms with Gasteiger partial charge in [0.1, 0.15) is 0 Å². The molecule has 0 aliphatic rings. The van der Waals surface area contributed by atoms with E-state index in [0.717, 1.165) is 27.5 Å². The highest BCUT2D eigenvalue weighted by molar-refractivity contribution is 6.31. The maximum atomic E-state index is 11.5. The maximum absolute atomic E-state index is 11.5. The molecule has 5 heteroatoms. The van der Waals surface area contributed by atoms with Crippen molar-refractivity contribution in [3.63, 3.8) is 0 Å². The van der Waals surface area contributed by atoms with E-state index in [9.17, 15) is 4.79 Å². The van der Waals surface area contributed by atoms with Gasteiger partial charge >= 0.3 is 0 Å². The summed E-state index contributed by atoms with van der Waals surface area (Å²) in [4.78, 5) is 11.5. The van der Waals surface area contributed by atoms with Crippen LogP contribution in [0.3, 0.4) is 0 Å². The Balaban J connectivity index is 2.24. The summed E-state index contributed by atoms with van der Waals surface area (Å²) in [5.74, 6) is -0.0971. The summed E-state index contributed by atoms with van der Waals surface area (Å²) in [6.07, 6.45) is 3.35. The highest BCUT2D eigenvalue weighted by Crippen LogP contribution is 2.20. The molecule has 0 aliphatic heterocycles. The highest BCUT2D eigenvalue weighted by atomic mass is 35.5. The minimum Gasteiger partial charge on any atom is -0.353 e. The molecule has 1 aromatic heterocycles. The summed E-state index contributed by atoms with van der Waals surface area (Å²) in [7, 11) is 0. The van der Waals surface area contributed by atoms with E-state index in [1.54, 1.807) is 6.08 Å². The van der Waals surface area contributed by atoms with Gasteiger partial charge in [0.05, 0.1) is 12.2 Å². The van der Waals surface area contributed by atoms with Crippen LogP contribution in [-0.4, -0.2) is 22.2 Å². The summed E-state index contributed by atoms with van der Waals surface area (Å²) in [6, 6.07) is 7.73. The van der Waals surface area contributed by atoms with Crippen molar-refractivity contribution < 1.29 is 4.79 Å². The minimum absolute atomic E-state index is 0.0971. The number of hydrogen-bond donors (Lipinski definition) is 1. The van der Waals surface area contributed by atoms with Crippen LogP contribution in [0.4, 0.5) is 0 Å². The van der Waals surface area contributed by atoms with Crippen LogP contribution in [0.15, 0.2) is 30.3 Å². The molecule has 1 aromatic carbocycles. The van der Waals surface area contributed by atoms with Crippen molar-refractivity contribution in [2.45, 2.75) is 27.3 Å². The number of aromatic nitrogens is 2. The van der Waals surface area contributed by atoms with Gasteiger partial charge in [0.25, 0.3) is 0 Å². The standard InChI is InChI=1S/C17H20ClN3O/c1-4-19-17(22)10-9-15-12(2)20-21(13(15)3)11-14-7-5-6-8-16(14)18/h5-10H,4,11H2,1-3H3,(H,19,22)/b10-9+. The highest BCUT2D eigenvalue weighted by Gasteiger charge is 2.11. The maximum Gasteiger partial charge on any atom is 0.243 e. The molecule has 1 heterocycles. The smallest absolute Gasteiger partial charge is 0.243 e. The van der Waals surface area contributed by atoms with Gasteiger partial charge in [0.15, 0.2) is 0 Å². The second-order valence-electron chi connectivity index (χ2n) is 5.06. The van der Waals surface area contributed by atoms with Crippen molar-refractivity contribution in [3.05, 3.63) is 57.9 Å². The number of rotatable bonds is 5. The van der Waals surface area contributed by atoms with Crippen LogP contribution in [0.1, 0.15) is 29.4 Å². The molecular formula is C17H20ClN3O. The Morgan fingerprint density at radius 1 is 1.36 bits per heavy atom. The molecule has 0 saturated heterocycles. The summed E-state index contributed by atoms with van der Waals surface area (Å²) < 4.78 is 1.91. The lowest BCUT2D eigenvalue weighted by atomic mass is 10.1. The summed E-state index contributed by atoms with van der Waals surface area (Å²) >= 11 is 6.20. The number of hydrogen-bond acceptors (Lipinski definition) is 2. The largest absolute Gasteiger partial charge is 0.353 e. The van der Waals surface area contributed by atoms with Gasteiger partial charge in [0.2, 0.25) is 5.91 Å². The molecule has 0 radical (unpaired) electrons. The number of nitrogens with one attached hydrogen (secondary N) is 1. The molecule has 4 nitrogen and oxygen atoms in total. The molecule has 116 valence electrons. The Hall–Kier alpha value is -2.07. The third kappa shape index (κ3) is 3.77. The van der Waals surface area contributed by atoms with Gasteiger partial charge in [-0.05, 0) is 38.5 Å². The van der Waals surface area contributed by atoms with Gasteiger partial charge in [-0.2, -0.15) is 5.10 Å². The summed E-state index contributed by atoms with van der Waals surface area (Å²) in [6.45, 7) is 7.06. The average molecular weight is 318 g/mol. The van der Waals surface area contributed by atoms with Crippen molar-refractivity contribution in [2.24, 2.45) is 0 Å². The third-order valence-corrected chi connectivity index (χ3v) is 3.84. The van der Waals surface area contributed by atoms with Gasteiger partial charge in [0, 0.05) is 28.9 Å². The molecule has 0 unspecified atom stereocenters. The summed E-state index contributed by atoms with van der Waals surface area (Å²) in [5.41, 5.74) is 3.90. The number of carbonyl (C=O) groups is 1. The van der Waals surface area contributed by atoms with Gasteiger partial charge in [-0.1, -0.05) is 29.8 Å². The van der Waals surface area contributed by atoms with Crippen LogP contribution >= 0.6 is 11.6 Å². The molecule has 2 rings (SSSR count). The van der Waals surface area contributed by atoms with E-state index < -0.39 is 0 Å². The fourth-order valence-corrected chi connectivity index (χ4v) is 2.48. The molecule has 1 amide bonds. The lowest BCUT2D eigenvalue weighted by molar-refractivity contribution is -0.116. The number of benzene rings is 1. The molecule has 0 atom stereocenters. The number of likely N-dealkylation sites (N-methyl/N-ethyl adjacent to an activating group) is 1. The van der Waals surface area contributed by atoms with Crippen molar-refractivity contribution in [1.82, 2.24) is 15.1 Å². The molecule has 22 heavy (non-hydrogen) atoms. The van der Waals surface area contributed by atoms with E-state index in [2.05, 4.69) is 10.4 Å². The SMILES string of the molecule is CCNC(=O)/C=C/c1c(C)nn(Cc2ccccc2Cl)c1C. The molecule has 0 fully saturated rings. The number of halogens is 1. The number of amides is 1. The van der Waals surface area contributed by atoms with E-state index >= 15 is 0 Å². The molecule has 0 bridgehead atoms. The Kier molecular flexibility index (Phi) is 5.39. The Labute approximate surface area is 135 Å². The Morgan fingerprint density at radius 3 is 2.77 bits per heavy atom. The number of carbonyl (C=O) groups excluding carboxylic acids is 1. The van der Waals surface area contributed by atoms with E-state index in [1.165, 1.54) is 0 Å². The predicted molar refractivity (Wildman–Crippen MR) is 90.0 cm³/mol. The molecule has 1 N–H and O–H groups in total. The van der Waals surface area contributed by atoms with Crippen LogP contribution in [0, 0.1) is 13.8 Å². The van der Waals surface area contributed by atoms with Gasteiger partial charge in [-0.15, -0.1) is 0 Å². The van der Waals surface area contributed by atoms with E-state index in [1.807, 2.05) is 55.8 Å². The zero-order valence-electron chi connectivity index (χ0n) is 13.1. The molecule has 0 saturated carbocycles. The Morgan fingerprint density at radius 2 is 2.09 bits per heavy atom. The van der Waals surface area contributed by atoms with Crippen molar-refractivity contribution in [2.75, 3.05) is 6.54 Å². The zero-order valence-corrected chi connectivity index (χ0v) is 13.8. The number of nitrogens with zero attached hydrogens (tertiary/aromatic N) is 2. The zero-order chi connectivity index (χ0) is 16.1. The average Bonchev–Trinajstić information content (AvgIpc) is 2.74. The monoisotopic (exact) mass is 317 g/mol. The van der Waals surface area contributed by atoms with Crippen LogP contribution in [0.2, 0.25) is 5.02 Å². The third-order valence-electron chi connectivity index (χ3n) is 3.47. The minimum atomic E-state index is -0.0971. The first kappa shape index (κ1) is 16.3. The van der Waals surface area contributed by atoms with Gasteiger partial charge in [-0.3, -0.25) is 9.48 Å². The van der Waals surface area contributed by atoms with Gasteiger partial charge in [-0.25, -0.2) is 0 Å².